The number of nitrogens with one attached hydrogen (secondary N) is 1. The maximum atomic E-state index is 11.5. The largest absolute Gasteiger partial charge is 0.465 e. The van der Waals surface area contributed by atoms with E-state index in [9.17, 15) is 4.79 Å². The molecule has 1 aromatic rings. The van der Waals surface area contributed by atoms with E-state index < -0.39 is 0 Å². The smallest absolute Gasteiger partial charge is 0.338 e. The lowest BCUT2D eigenvalue weighted by molar-refractivity contribution is 0.0599. The molecule has 4 nitrogen and oxygen atoms in total. The van der Waals surface area contributed by atoms with Crippen molar-refractivity contribution in [1.29, 1.82) is 0 Å². The normalized spacial score (nSPS) is 12.2. The number of esters is 1. The summed E-state index contributed by atoms with van der Waals surface area (Å²) in [6.45, 7) is 2.64. The molecule has 1 rings (SSSR count). The third-order valence-electron chi connectivity index (χ3n) is 2.72. The van der Waals surface area contributed by atoms with Gasteiger partial charge < -0.3 is 15.2 Å². The Bertz CT molecular complexity index is 361. The van der Waals surface area contributed by atoms with Crippen LogP contribution in [-0.2, 0) is 11.3 Å². The summed E-state index contributed by atoms with van der Waals surface area (Å²) in [5, 5.41) is 12.3. The predicted molar refractivity (Wildman–Crippen MR) is 65.8 cm³/mol. The first-order chi connectivity index (χ1) is 8.22. The second-order valence-electron chi connectivity index (χ2n) is 3.82. The van der Waals surface area contributed by atoms with Gasteiger partial charge in [0.05, 0.1) is 19.3 Å². The van der Waals surface area contributed by atoms with Crippen LogP contribution in [0.3, 0.4) is 0 Å². The summed E-state index contributed by atoms with van der Waals surface area (Å²) in [5.74, 6) is -0.334. The minimum absolute atomic E-state index is 0.0562. The number of hydrogen-bond donors (Lipinski definition) is 2. The van der Waals surface area contributed by atoms with Crippen molar-refractivity contribution in [3.63, 3.8) is 0 Å². The van der Waals surface area contributed by atoms with Crippen molar-refractivity contribution in [3.8, 4) is 0 Å². The Balaban J connectivity index is 2.73. The molecular formula is C13H19NO3. The molecule has 0 bridgehead atoms. The van der Waals surface area contributed by atoms with E-state index in [4.69, 9.17) is 9.84 Å². The molecule has 0 saturated carbocycles. The van der Waals surface area contributed by atoms with Gasteiger partial charge in [-0.1, -0.05) is 25.1 Å². The molecule has 0 unspecified atom stereocenters. The SMILES string of the molecule is CC[C@@H](CO)NCc1ccccc1C(=O)OC. The Morgan fingerprint density at radius 3 is 2.76 bits per heavy atom. The number of ether oxygens (including phenoxy) is 1. The summed E-state index contributed by atoms with van der Waals surface area (Å²) in [5.41, 5.74) is 1.45. The van der Waals surface area contributed by atoms with Gasteiger partial charge in [0.25, 0.3) is 0 Å². The Labute approximate surface area is 102 Å². The predicted octanol–water partition coefficient (Wildman–Crippen LogP) is 1.33. The van der Waals surface area contributed by atoms with Crippen LogP contribution in [0.25, 0.3) is 0 Å². The Morgan fingerprint density at radius 1 is 1.47 bits per heavy atom. The number of rotatable bonds is 6. The van der Waals surface area contributed by atoms with Gasteiger partial charge in [-0.05, 0) is 18.1 Å². The van der Waals surface area contributed by atoms with E-state index in [1.807, 2.05) is 19.1 Å². The second kappa shape index (κ2) is 7.04. The molecule has 94 valence electrons. The highest BCUT2D eigenvalue weighted by molar-refractivity contribution is 5.90. The minimum atomic E-state index is -0.334. The zero-order chi connectivity index (χ0) is 12.7. The number of hydrogen-bond acceptors (Lipinski definition) is 4. The zero-order valence-electron chi connectivity index (χ0n) is 10.3. The average Bonchev–Trinajstić information content (AvgIpc) is 2.39. The van der Waals surface area contributed by atoms with E-state index in [-0.39, 0.29) is 18.6 Å². The molecule has 1 atom stereocenters. The maximum absolute atomic E-state index is 11.5. The van der Waals surface area contributed by atoms with Crippen LogP contribution < -0.4 is 5.32 Å². The fourth-order valence-electron chi connectivity index (χ4n) is 1.58. The molecule has 2 N–H and O–H groups in total. The molecule has 0 fully saturated rings. The van der Waals surface area contributed by atoms with Crippen LogP contribution in [-0.4, -0.2) is 30.8 Å². The monoisotopic (exact) mass is 237 g/mol. The summed E-state index contributed by atoms with van der Waals surface area (Å²) in [7, 11) is 1.37. The van der Waals surface area contributed by atoms with Gasteiger partial charge >= 0.3 is 5.97 Å². The van der Waals surface area contributed by atoms with Crippen LogP contribution in [0.2, 0.25) is 0 Å². The fourth-order valence-corrected chi connectivity index (χ4v) is 1.58. The topological polar surface area (TPSA) is 58.6 Å². The highest BCUT2D eigenvalue weighted by atomic mass is 16.5. The summed E-state index contributed by atoms with van der Waals surface area (Å²) >= 11 is 0. The summed E-state index contributed by atoms with van der Waals surface area (Å²) in [6.07, 6.45) is 0.844. The molecule has 1 aromatic carbocycles. The van der Waals surface area contributed by atoms with Crippen LogP contribution >= 0.6 is 0 Å². The molecule has 0 aliphatic rings. The minimum Gasteiger partial charge on any atom is -0.465 e. The molecule has 0 heterocycles. The van der Waals surface area contributed by atoms with Gasteiger partial charge in [0, 0.05) is 12.6 Å². The number of benzene rings is 1. The summed E-state index contributed by atoms with van der Waals surface area (Å²) < 4.78 is 4.72. The maximum Gasteiger partial charge on any atom is 0.338 e. The first kappa shape index (κ1) is 13.7. The number of aliphatic hydroxyl groups is 1. The summed E-state index contributed by atoms with van der Waals surface area (Å²) in [6, 6.07) is 7.36. The average molecular weight is 237 g/mol. The highest BCUT2D eigenvalue weighted by Gasteiger charge is 2.11. The van der Waals surface area contributed by atoms with Crippen molar-refractivity contribution < 1.29 is 14.6 Å². The van der Waals surface area contributed by atoms with Crippen molar-refractivity contribution >= 4 is 5.97 Å². The number of aliphatic hydroxyl groups excluding tert-OH is 1. The van der Waals surface area contributed by atoms with Gasteiger partial charge in [-0.3, -0.25) is 0 Å². The van der Waals surface area contributed by atoms with E-state index in [1.54, 1.807) is 12.1 Å². The lowest BCUT2D eigenvalue weighted by Gasteiger charge is -2.15. The quantitative estimate of drug-likeness (QED) is 0.733. The lowest BCUT2D eigenvalue weighted by Crippen LogP contribution is -2.31. The van der Waals surface area contributed by atoms with E-state index in [0.717, 1.165) is 12.0 Å². The Hall–Kier alpha value is -1.39. The molecule has 0 spiro atoms. The van der Waals surface area contributed by atoms with E-state index in [1.165, 1.54) is 7.11 Å². The van der Waals surface area contributed by atoms with E-state index >= 15 is 0 Å². The van der Waals surface area contributed by atoms with Crippen molar-refractivity contribution in [2.45, 2.75) is 25.9 Å². The molecule has 0 aromatic heterocycles. The lowest BCUT2D eigenvalue weighted by atomic mass is 10.1. The summed E-state index contributed by atoms with van der Waals surface area (Å²) in [4.78, 5) is 11.5. The van der Waals surface area contributed by atoms with Gasteiger partial charge in [0.1, 0.15) is 0 Å². The standard InChI is InChI=1S/C13H19NO3/c1-3-11(9-15)14-8-10-6-4-5-7-12(10)13(16)17-2/h4-7,11,14-15H,3,8-9H2,1-2H3/t11-/m0/s1. The van der Waals surface area contributed by atoms with Crippen LogP contribution in [0.1, 0.15) is 29.3 Å². The van der Waals surface area contributed by atoms with E-state index in [2.05, 4.69) is 5.32 Å². The van der Waals surface area contributed by atoms with Gasteiger partial charge in [-0.25, -0.2) is 4.79 Å². The van der Waals surface area contributed by atoms with Crippen molar-refractivity contribution in [2.75, 3.05) is 13.7 Å². The van der Waals surface area contributed by atoms with Gasteiger partial charge in [0.15, 0.2) is 0 Å². The first-order valence-electron chi connectivity index (χ1n) is 5.73. The van der Waals surface area contributed by atoms with Crippen molar-refractivity contribution in [1.82, 2.24) is 5.32 Å². The zero-order valence-corrected chi connectivity index (χ0v) is 10.3. The van der Waals surface area contributed by atoms with Crippen LogP contribution in [0.15, 0.2) is 24.3 Å². The Morgan fingerprint density at radius 2 is 2.18 bits per heavy atom. The van der Waals surface area contributed by atoms with E-state index in [0.29, 0.717) is 12.1 Å². The molecule has 0 aliphatic heterocycles. The third-order valence-corrected chi connectivity index (χ3v) is 2.72. The molecule has 0 radical (unpaired) electrons. The van der Waals surface area contributed by atoms with Crippen molar-refractivity contribution in [3.05, 3.63) is 35.4 Å². The third kappa shape index (κ3) is 3.84. The van der Waals surface area contributed by atoms with Gasteiger partial charge in [0.2, 0.25) is 0 Å². The number of methoxy groups -OCH3 is 1. The van der Waals surface area contributed by atoms with Gasteiger partial charge in [-0.2, -0.15) is 0 Å². The molecule has 0 saturated heterocycles. The van der Waals surface area contributed by atoms with Crippen molar-refractivity contribution in [2.24, 2.45) is 0 Å². The molecule has 0 aliphatic carbocycles. The number of carbonyl (C=O) groups is 1. The Kier molecular flexibility index (Phi) is 5.66. The van der Waals surface area contributed by atoms with Crippen LogP contribution in [0, 0.1) is 0 Å². The fraction of sp³-hybridized carbons (Fsp3) is 0.462. The highest BCUT2D eigenvalue weighted by Crippen LogP contribution is 2.10. The molecule has 17 heavy (non-hydrogen) atoms. The van der Waals surface area contributed by atoms with Gasteiger partial charge in [-0.15, -0.1) is 0 Å². The second-order valence-corrected chi connectivity index (χ2v) is 3.82. The molecule has 0 amide bonds. The molecular weight excluding hydrogens is 218 g/mol. The van der Waals surface area contributed by atoms with Crippen LogP contribution in [0.4, 0.5) is 0 Å². The first-order valence-corrected chi connectivity index (χ1v) is 5.73. The van der Waals surface area contributed by atoms with Crippen LogP contribution in [0.5, 0.6) is 0 Å². The number of carbonyl (C=O) groups excluding carboxylic acids is 1. The molecule has 4 heteroatoms.